The van der Waals surface area contributed by atoms with Gasteiger partial charge in [0.15, 0.2) is 6.29 Å². The van der Waals surface area contributed by atoms with Crippen molar-refractivity contribution >= 4 is 17.9 Å². The number of halogens is 3. The van der Waals surface area contributed by atoms with E-state index in [4.69, 9.17) is 11.6 Å². The lowest BCUT2D eigenvalue weighted by atomic mass is 10.2. The lowest BCUT2D eigenvalue weighted by Crippen LogP contribution is -1.98. The number of carbonyl (C=O) groups is 1. The molecule has 0 aromatic carbocycles. The van der Waals surface area contributed by atoms with E-state index in [0.717, 1.165) is 0 Å². The van der Waals surface area contributed by atoms with E-state index in [2.05, 4.69) is 4.98 Å². The molecule has 0 atom stereocenters. The second-order valence-electron chi connectivity index (χ2n) is 2.47. The smallest absolute Gasteiger partial charge is 0.281 e. The van der Waals surface area contributed by atoms with Gasteiger partial charge < -0.3 is 0 Å². The molecule has 0 saturated heterocycles. The van der Waals surface area contributed by atoms with E-state index in [0.29, 0.717) is 12.0 Å². The largest absolute Gasteiger partial charge is 0.298 e. The van der Waals surface area contributed by atoms with Crippen LogP contribution in [-0.2, 0) is 0 Å². The maximum absolute atomic E-state index is 12.3. The van der Waals surface area contributed by atoms with Crippen molar-refractivity contribution in [3.63, 3.8) is 0 Å². The van der Waals surface area contributed by atoms with E-state index in [9.17, 15) is 13.6 Å². The highest BCUT2D eigenvalue weighted by atomic mass is 35.5. The molecule has 0 unspecified atom stereocenters. The van der Waals surface area contributed by atoms with Crippen molar-refractivity contribution in [3.05, 3.63) is 28.0 Å². The molecule has 70 valence electrons. The predicted octanol–water partition coefficient (Wildman–Crippen LogP) is 2.79. The molecule has 0 aliphatic heterocycles. The number of alkyl halides is 2. The summed E-state index contributed by atoms with van der Waals surface area (Å²) in [5.41, 5.74) is -0.143. The van der Waals surface area contributed by atoms with Gasteiger partial charge in [-0.05, 0) is 13.0 Å². The number of hydrogen-bond acceptors (Lipinski definition) is 2. The monoisotopic (exact) mass is 205 g/mol. The van der Waals surface area contributed by atoms with E-state index in [1.165, 1.54) is 13.0 Å². The van der Waals surface area contributed by atoms with Gasteiger partial charge in [0.2, 0.25) is 0 Å². The second-order valence-corrected chi connectivity index (χ2v) is 2.85. The summed E-state index contributed by atoms with van der Waals surface area (Å²) in [6, 6.07) is 1.36. The molecule has 0 aliphatic rings. The van der Waals surface area contributed by atoms with Gasteiger partial charge in [0.25, 0.3) is 6.43 Å². The number of nitrogens with zero attached hydrogens (tertiary/aromatic N) is 1. The standard InChI is InChI=1S/C8H6ClF2NO/c1-4-2-5(3-13)6(9)7(12-4)8(10)11/h2-3,8H,1H3. The van der Waals surface area contributed by atoms with Crippen molar-refractivity contribution in [1.82, 2.24) is 4.98 Å². The molecule has 1 aromatic rings. The quantitative estimate of drug-likeness (QED) is 0.695. The molecule has 0 spiro atoms. The van der Waals surface area contributed by atoms with Crippen LogP contribution < -0.4 is 0 Å². The molecule has 1 rings (SSSR count). The molecule has 0 fully saturated rings. The van der Waals surface area contributed by atoms with Crippen LogP contribution in [0.2, 0.25) is 5.02 Å². The Morgan fingerprint density at radius 3 is 2.69 bits per heavy atom. The van der Waals surface area contributed by atoms with Gasteiger partial charge in [0.05, 0.1) is 5.02 Å². The minimum Gasteiger partial charge on any atom is -0.298 e. The van der Waals surface area contributed by atoms with Crippen molar-refractivity contribution < 1.29 is 13.6 Å². The van der Waals surface area contributed by atoms with Crippen molar-refractivity contribution in [2.45, 2.75) is 13.3 Å². The Kier molecular flexibility index (Phi) is 2.93. The number of aryl methyl sites for hydroxylation is 1. The first-order chi connectivity index (χ1) is 6.06. The summed E-state index contributed by atoms with van der Waals surface area (Å²) in [6.07, 6.45) is -2.32. The van der Waals surface area contributed by atoms with Crippen molar-refractivity contribution in [2.75, 3.05) is 0 Å². The van der Waals surface area contributed by atoms with Gasteiger partial charge >= 0.3 is 0 Å². The Morgan fingerprint density at radius 2 is 2.23 bits per heavy atom. The summed E-state index contributed by atoms with van der Waals surface area (Å²) in [7, 11) is 0. The Morgan fingerprint density at radius 1 is 1.62 bits per heavy atom. The predicted molar refractivity (Wildman–Crippen MR) is 44.3 cm³/mol. The van der Waals surface area contributed by atoms with E-state index in [-0.39, 0.29) is 10.6 Å². The van der Waals surface area contributed by atoms with Crippen LogP contribution in [0.25, 0.3) is 0 Å². The number of hydrogen-bond donors (Lipinski definition) is 0. The van der Waals surface area contributed by atoms with Gasteiger partial charge in [-0.2, -0.15) is 0 Å². The SMILES string of the molecule is Cc1cc(C=O)c(Cl)c(C(F)F)n1. The summed E-state index contributed by atoms with van der Waals surface area (Å²) in [5.74, 6) is 0. The molecule has 0 amide bonds. The number of aldehydes is 1. The Labute approximate surface area is 78.5 Å². The normalized spacial score (nSPS) is 10.5. The Bertz CT molecular complexity index is 341. The highest BCUT2D eigenvalue weighted by Gasteiger charge is 2.17. The van der Waals surface area contributed by atoms with Crippen LogP contribution in [0.3, 0.4) is 0 Å². The zero-order valence-corrected chi connectivity index (χ0v) is 7.48. The van der Waals surface area contributed by atoms with Crippen molar-refractivity contribution in [1.29, 1.82) is 0 Å². The number of carbonyl (C=O) groups excluding carboxylic acids is 1. The van der Waals surface area contributed by atoms with Crippen LogP contribution in [0.5, 0.6) is 0 Å². The van der Waals surface area contributed by atoms with Crippen LogP contribution in [0, 0.1) is 6.92 Å². The van der Waals surface area contributed by atoms with Gasteiger partial charge in [0.1, 0.15) is 5.69 Å². The molecule has 5 heteroatoms. The van der Waals surface area contributed by atoms with Gasteiger partial charge in [-0.15, -0.1) is 0 Å². The topological polar surface area (TPSA) is 30.0 Å². The first-order valence-corrected chi connectivity index (χ1v) is 3.84. The molecular formula is C8H6ClF2NO. The maximum atomic E-state index is 12.3. The van der Waals surface area contributed by atoms with Crippen LogP contribution in [0.15, 0.2) is 6.07 Å². The molecule has 0 aliphatic carbocycles. The Balaban J connectivity index is 3.35. The average Bonchev–Trinajstić information content (AvgIpc) is 2.08. The summed E-state index contributed by atoms with van der Waals surface area (Å²) >= 11 is 5.50. The van der Waals surface area contributed by atoms with Crippen LogP contribution in [0.4, 0.5) is 8.78 Å². The molecule has 1 heterocycles. The average molecular weight is 206 g/mol. The highest BCUT2D eigenvalue weighted by Crippen LogP contribution is 2.27. The third-order valence-corrected chi connectivity index (χ3v) is 1.89. The molecule has 1 aromatic heterocycles. The first kappa shape index (κ1) is 10.1. The zero-order valence-electron chi connectivity index (χ0n) is 6.72. The summed E-state index contributed by atoms with van der Waals surface area (Å²) in [6.45, 7) is 1.52. The lowest BCUT2D eigenvalue weighted by molar-refractivity contribution is 0.112. The molecule has 0 saturated carbocycles. The van der Waals surface area contributed by atoms with E-state index in [1.807, 2.05) is 0 Å². The van der Waals surface area contributed by atoms with Crippen molar-refractivity contribution in [2.24, 2.45) is 0 Å². The second kappa shape index (κ2) is 3.79. The fraction of sp³-hybridized carbons (Fsp3) is 0.250. The molecule has 0 radical (unpaired) electrons. The highest BCUT2D eigenvalue weighted by molar-refractivity contribution is 6.33. The molecule has 13 heavy (non-hydrogen) atoms. The van der Waals surface area contributed by atoms with Gasteiger partial charge in [-0.25, -0.2) is 8.78 Å². The zero-order chi connectivity index (χ0) is 10.0. The number of pyridine rings is 1. The first-order valence-electron chi connectivity index (χ1n) is 3.46. The number of rotatable bonds is 2. The van der Waals surface area contributed by atoms with Gasteiger partial charge in [-0.3, -0.25) is 9.78 Å². The van der Waals surface area contributed by atoms with Gasteiger partial charge in [0, 0.05) is 11.3 Å². The third kappa shape index (κ3) is 2.01. The molecule has 0 N–H and O–H groups in total. The molecule has 2 nitrogen and oxygen atoms in total. The van der Waals surface area contributed by atoms with E-state index >= 15 is 0 Å². The summed E-state index contributed by atoms with van der Waals surface area (Å²) in [5, 5.41) is -0.268. The van der Waals surface area contributed by atoms with Crippen molar-refractivity contribution in [3.8, 4) is 0 Å². The fourth-order valence-electron chi connectivity index (χ4n) is 0.938. The molecular weight excluding hydrogens is 200 g/mol. The maximum Gasteiger partial charge on any atom is 0.281 e. The lowest BCUT2D eigenvalue weighted by Gasteiger charge is -2.05. The third-order valence-electron chi connectivity index (χ3n) is 1.47. The van der Waals surface area contributed by atoms with E-state index in [1.54, 1.807) is 0 Å². The summed E-state index contributed by atoms with van der Waals surface area (Å²) in [4.78, 5) is 13.9. The van der Waals surface area contributed by atoms with Crippen LogP contribution >= 0.6 is 11.6 Å². The summed E-state index contributed by atoms with van der Waals surface area (Å²) < 4.78 is 24.5. The van der Waals surface area contributed by atoms with Crippen LogP contribution in [0.1, 0.15) is 28.2 Å². The minimum absolute atomic E-state index is 0.0458. The van der Waals surface area contributed by atoms with E-state index < -0.39 is 12.1 Å². The minimum atomic E-state index is -2.76. The molecule has 0 bridgehead atoms. The van der Waals surface area contributed by atoms with Gasteiger partial charge in [-0.1, -0.05) is 11.6 Å². The van der Waals surface area contributed by atoms with Crippen LogP contribution in [-0.4, -0.2) is 11.3 Å². The Hall–Kier alpha value is -1.03. The fourth-order valence-corrected chi connectivity index (χ4v) is 1.16. The number of aromatic nitrogens is 1.